The van der Waals surface area contributed by atoms with Crippen LogP contribution in [0.2, 0.25) is 0 Å². The highest BCUT2D eigenvalue weighted by Crippen LogP contribution is 2.25. The molecule has 4 nitrogen and oxygen atoms in total. The summed E-state index contributed by atoms with van der Waals surface area (Å²) in [6.45, 7) is 5.17. The summed E-state index contributed by atoms with van der Waals surface area (Å²) in [6.07, 6.45) is 3.09. The van der Waals surface area contributed by atoms with Gasteiger partial charge >= 0.3 is 0 Å². The van der Waals surface area contributed by atoms with Gasteiger partial charge in [-0.05, 0) is 38.3 Å². The first-order valence-corrected chi connectivity index (χ1v) is 7.99. The first kappa shape index (κ1) is 14.5. The summed E-state index contributed by atoms with van der Waals surface area (Å²) in [4.78, 5) is 17.2. The van der Waals surface area contributed by atoms with Crippen molar-refractivity contribution in [2.45, 2.75) is 44.3 Å². The molecule has 0 spiro atoms. The molecule has 0 aliphatic carbocycles. The van der Waals surface area contributed by atoms with E-state index in [0.29, 0.717) is 12.5 Å². The molecule has 3 rings (SSSR count). The number of fused-ring (bicyclic) bond motifs is 1. The quantitative estimate of drug-likeness (QED) is 0.910. The molecule has 2 saturated heterocycles. The second kappa shape index (κ2) is 6.16. The predicted molar refractivity (Wildman–Crippen MR) is 83.9 cm³/mol. The summed E-state index contributed by atoms with van der Waals surface area (Å²) in [5, 5.41) is 0. The van der Waals surface area contributed by atoms with Gasteiger partial charge in [0, 0.05) is 25.2 Å². The van der Waals surface area contributed by atoms with Crippen molar-refractivity contribution in [2.75, 3.05) is 19.6 Å². The van der Waals surface area contributed by atoms with Crippen LogP contribution in [0.25, 0.3) is 0 Å². The van der Waals surface area contributed by atoms with E-state index in [1.165, 1.54) is 19.4 Å². The lowest BCUT2D eigenvalue weighted by atomic mass is 10.0. The Kier molecular flexibility index (Phi) is 4.27. The van der Waals surface area contributed by atoms with Crippen molar-refractivity contribution >= 4 is 5.91 Å². The summed E-state index contributed by atoms with van der Waals surface area (Å²) >= 11 is 0. The van der Waals surface area contributed by atoms with Crippen LogP contribution in [-0.2, 0) is 11.2 Å². The van der Waals surface area contributed by atoms with E-state index in [0.717, 1.165) is 18.7 Å². The average Bonchev–Trinajstić information content (AvgIpc) is 2.93. The molecule has 0 bridgehead atoms. The number of hydrogen-bond acceptors (Lipinski definition) is 3. The van der Waals surface area contributed by atoms with Crippen LogP contribution in [0.4, 0.5) is 0 Å². The van der Waals surface area contributed by atoms with Crippen molar-refractivity contribution in [1.82, 2.24) is 9.80 Å². The fourth-order valence-electron chi connectivity index (χ4n) is 3.66. The van der Waals surface area contributed by atoms with Crippen LogP contribution in [0, 0.1) is 0 Å². The molecule has 2 aliphatic heterocycles. The van der Waals surface area contributed by atoms with Gasteiger partial charge in [-0.15, -0.1) is 0 Å². The van der Waals surface area contributed by atoms with Crippen LogP contribution in [0.3, 0.4) is 0 Å². The van der Waals surface area contributed by atoms with Crippen molar-refractivity contribution in [2.24, 2.45) is 5.73 Å². The van der Waals surface area contributed by atoms with Crippen molar-refractivity contribution in [3.05, 3.63) is 35.9 Å². The Bertz CT molecular complexity index is 490. The van der Waals surface area contributed by atoms with Gasteiger partial charge in [0.2, 0.25) is 5.91 Å². The number of carbonyl (C=O) groups is 1. The summed E-state index contributed by atoms with van der Waals surface area (Å²) in [7, 11) is 0. The zero-order valence-electron chi connectivity index (χ0n) is 12.7. The van der Waals surface area contributed by atoms with E-state index in [4.69, 9.17) is 5.73 Å². The Morgan fingerprint density at radius 2 is 2.10 bits per heavy atom. The molecule has 0 aromatic heterocycles. The molecule has 2 heterocycles. The zero-order valence-corrected chi connectivity index (χ0v) is 12.7. The van der Waals surface area contributed by atoms with Gasteiger partial charge in [-0.3, -0.25) is 9.69 Å². The summed E-state index contributed by atoms with van der Waals surface area (Å²) in [5.41, 5.74) is 7.30. The van der Waals surface area contributed by atoms with Gasteiger partial charge in [-0.25, -0.2) is 0 Å². The third-order valence-electron chi connectivity index (χ3n) is 4.84. The van der Waals surface area contributed by atoms with Gasteiger partial charge in [0.1, 0.15) is 0 Å². The first-order valence-electron chi connectivity index (χ1n) is 7.99. The number of amides is 1. The maximum atomic E-state index is 12.7. The van der Waals surface area contributed by atoms with Gasteiger partial charge in [0.05, 0.1) is 6.04 Å². The molecule has 1 amide bonds. The molecule has 114 valence electrons. The van der Waals surface area contributed by atoms with E-state index >= 15 is 0 Å². The van der Waals surface area contributed by atoms with Crippen molar-refractivity contribution < 1.29 is 4.79 Å². The number of rotatable bonds is 3. The van der Waals surface area contributed by atoms with Gasteiger partial charge < -0.3 is 10.6 Å². The topological polar surface area (TPSA) is 49.6 Å². The molecule has 0 saturated carbocycles. The molecule has 2 aliphatic rings. The molecule has 2 N–H and O–H groups in total. The van der Waals surface area contributed by atoms with E-state index < -0.39 is 6.04 Å². The molecular formula is C17H25N3O. The van der Waals surface area contributed by atoms with Crippen molar-refractivity contribution in [1.29, 1.82) is 0 Å². The number of nitrogens with zero attached hydrogens (tertiary/aromatic N) is 2. The molecule has 0 radical (unpaired) electrons. The lowest BCUT2D eigenvalue weighted by Gasteiger charge is -2.43. The number of benzene rings is 1. The number of piperazine rings is 1. The highest BCUT2D eigenvalue weighted by Gasteiger charge is 2.37. The molecular weight excluding hydrogens is 262 g/mol. The highest BCUT2D eigenvalue weighted by atomic mass is 16.2. The average molecular weight is 287 g/mol. The summed E-state index contributed by atoms with van der Waals surface area (Å²) in [6, 6.07) is 10.4. The minimum Gasteiger partial charge on any atom is -0.336 e. The molecule has 21 heavy (non-hydrogen) atoms. The zero-order chi connectivity index (χ0) is 14.8. The number of nitrogens with two attached hydrogens (primary N) is 1. The Morgan fingerprint density at radius 3 is 2.86 bits per heavy atom. The van der Waals surface area contributed by atoms with E-state index in [1.54, 1.807) is 0 Å². The Hall–Kier alpha value is -1.39. The predicted octanol–water partition coefficient (Wildman–Crippen LogP) is 1.25. The van der Waals surface area contributed by atoms with Crippen molar-refractivity contribution in [3.8, 4) is 0 Å². The second-order valence-electron chi connectivity index (χ2n) is 6.43. The van der Waals surface area contributed by atoms with Crippen LogP contribution in [-0.4, -0.2) is 53.5 Å². The van der Waals surface area contributed by atoms with Gasteiger partial charge in [-0.2, -0.15) is 0 Å². The standard InChI is InChI=1S/C17H25N3O/c1-13-11-19-9-5-8-15(19)12-20(13)17(21)16(18)10-14-6-3-2-4-7-14/h2-4,6-7,13,15-16H,5,8-12,18H2,1H3. The SMILES string of the molecule is CC1CN2CCCC2CN1C(=O)C(N)Cc1ccccc1. The maximum absolute atomic E-state index is 12.7. The van der Waals surface area contributed by atoms with Crippen LogP contribution in [0.1, 0.15) is 25.3 Å². The Balaban J connectivity index is 1.63. The normalized spacial score (nSPS) is 27.4. The monoisotopic (exact) mass is 287 g/mol. The lowest BCUT2D eigenvalue weighted by Crippen LogP contribution is -2.60. The largest absolute Gasteiger partial charge is 0.336 e. The Morgan fingerprint density at radius 1 is 1.33 bits per heavy atom. The molecule has 4 heteroatoms. The summed E-state index contributed by atoms with van der Waals surface area (Å²) < 4.78 is 0. The fourth-order valence-corrected chi connectivity index (χ4v) is 3.66. The van der Waals surface area contributed by atoms with E-state index in [2.05, 4.69) is 11.8 Å². The number of carbonyl (C=O) groups excluding carboxylic acids is 1. The highest BCUT2D eigenvalue weighted by molar-refractivity contribution is 5.82. The van der Waals surface area contributed by atoms with Crippen LogP contribution >= 0.6 is 0 Å². The molecule has 2 fully saturated rings. The molecule has 3 unspecified atom stereocenters. The fraction of sp³-hybridized carbons (Fsp3) is 0.588. The van der Waals surface area contributed by atoms with Gasteiger partial charge in [-0.1, -0.05) is 30.3 Å². The third kappa shape index (κ3) is 3.11. The smallest absolute Gasteiger partial charge is 0.240 e. The van der Waals surface area contributed by atoms with Crippen LogP contribution in [0.5, 0.6) is 0 Å². The minimum atomic E-state index is -0.428. The molecule has 1 aromatic carbocycles. The van der Waals surface area contributed by atoms with Crippen molar-refractivity contribution in [3.63, 3.8) is 0 Å². The molecule has 3 atom stereocenters. The van der Waals surface area contributed by atoms with E-state index in [-0.39, 0.29) is 11.9 Å². The van der Waals surface area contributed by atoms with Gasteiger partial charge in [0.15, 0.2) is 0 Å². The van der Waals surface area contributed by atoms with Crippen LogP contribution in [0.15, 0.2) is 30.3 Å². The first-order chi connectivity index (χ1) is 10.1. The number of hydrogen-bond donors (Lipinski definition) is 1. The van der Waals surface area contributed by atoms with Crippen LogP contribution < -0.4 is 5.73 Å². The van der Waals surface area contributed by atoms with Gasteiger partial charge in [0.25, 0.3) is 0 Å². The maximum Gasteiger partial charge on any atom is 0.240 e. The summed E-state index contributed by atoms with van der Waals surface area (Å²) in [5.74, 6) is 0.109. The van der Waals surface area contributed by atoms with E-state index in [1.807, 2.05) is 35.2 Å². The second-order valence-corrected chi connectivity index (χ2v) is 6.43. The minimum absolute atomic E-state index is 0.109. The van der Waals surface area contributed by atoms with E-state index in [9.17, 15) is 4.79 Å². The molecule has 1 aromatic rings. The Labute approximate surface area is 126 Å². The lowest BCUT2D eigenvalue weighted by molar-refractivity contribution is -0.138. The third-order valence-corrected chi connectivity index (χ3v) is 4.84.